The normalized spacial score (nSPS) is 13.6. The van der Waals surface area contributed by atoms with Gasteiger partial charge in [-0.1, -0.05) is 48.5 Å². The average Bonchev–Trinajstić information content (AvgIpc) is 3.32. The number of rotatable bonds is 7. The largest absolute Gasteiger partial charge is 0.496 e. The summed E-state index contributed by atoms with van der Waals surface area (Å²) in [5, 5.41) is 0. The monoisotopic (exact) mass is 421 g/mol. The van der Waals surface area contributed by atoms with Crippen LogP contribution in [-0.4, -0.2) is 30.3 Å². The molecule has 0 fully saturated rings. The fourth-order valence-corrected chi connectivity index (χ4v) is 4.31. The number of amides is 1. The Morgan fingerprint density at radius 1 is 1.03 bits per heavy atom. The molecule has 0 radical (unpaired) electrons. The van der Waals surface area contributed by atoms with Gasteiger partial charge in [0.2, 0.25) is 0 Å². The lowest BCUT2D eigenvalue weighted by molar-refractivity contribution is -0.132. The van der Waals surface area contributed by atoms with Crippen LogP contribution in [0.5, 0.6) is 5.75 Å². The van der Waals surface area contributed by atoms with Gasteiger partial charge in [0.25, 0.3) is 5.91 Å². The second kappa shape index (κ2) is 9.59. The summed E-state index contributed by atoms with van der Waals surface area (Å²) in [6, 6.07) is 21.3. The van der Waals surface area contributed by atoms with Gasteiger partial charge in [-0.15, -0.1) is 11.8 Å². The van der Waals surface area contributed by atoms with Gasteiger partial charge in [-0.05, 0) is 23.8 Å². The summed E-state index contributed by atoms with van der Waals surface area (Å²) in [6.45, 7) is 1.22. The molecule has 2 aromatic carbocycles. The third-order valence-electron chi connectivity index (χ3n) is 4.78. The first-order valence-corrected chi connectivity index (χ1v) is 10.7. The molecule has 1 aliphatic rings. The second-order valence-electron chi connectivity index (χ2n) is 6.77. The van der Waals surface area contributed by atoms with Gasteiger partial charge < -0.3 is 18.8 Å². The Balaban J connectivity index is 1.70. The molecule has 5 nitrogen and oxygen atoms in total. The van der Waals surface area contributed by atoms with Crippen molar-refractivity contribution in [2.75, 3.05) is 19.5 Å². The van der Waals surface area contributed by atoms with Gasteiger partial charge >= 0.3 is 0 Å². The maximum Gasteiger partial charge on any atom is 0.290 e. The topological polar surface area (TPSA) is 51.9 Å². The van der Waals surface area contributed by atoms with Crippen LogP contribution >= 0.6 is 11.8 Å². The van der Waals surface area contributed by atoms with Gasteiger partial charge in [-0.2, -0.15) is 0 Å². The van der Waals surface area contributed by atoms with Gasteiger partial charge in [-0.25, -0.2) is 0 Å². The minimum absolute atomic E-state index is 0.164. The Morgan fingerprint density at radius 2 is 1.83 bits per heavy atom. The molecular weight excluding hydrogens is 398 g/mol. The number of para-hydroxylation sites is 1. The van der Waals surface area contributed by atoms with E-state index in [0.717, 1.165) is 27.5 Å². The molecule has 4 rings (SSSR count). The number of nitrogens with zero attached hydrogens (tertiary/aromatic N) is 1. The van der Waals surface area contributed by atoms with Crippen LogP contribution in [0, 0.1) is 0 Å². The zero-order valence-corrected chi connectivity index (χ0v) is 17.6. The molecule has 154 valence electrons. The number of hydrogen-bond donors (Lipinski definition) is 0. The van der Waals surface area contributed by atoms with Crippen molar-refractivity contribution in [3.63, 3.8) is 0 Å². The quantitative estimate of drug-likeness (QED) is 0.540. The first-order valence-electron chi connectivity index (χ1n) is 9.75. The fourth-order valence-electron chi connectivity index (χ4n) is 3.35. The van der Waals surface area contributed by atoms with E-state index >= 15 is 0 Å². The molecule has 0 saturated heterocycles. The number of benzene rings is 2. The summed E-state index contributed by atoms with van der Waals surface area (Å²) in [7, 11) is 1.63. The molecule has 2 heterocycles. The van der Waals surface area contributed by atoms with E-state index < -0.39 is 0 Å². The number of methoxy groups -OCH3 is 1. The van der Waals surface area contributed by atoms with Gasteiger partial charge in [0.1, 0.15) is 11.5 Å². The van der Waals surface area contributed by atoms with Crippen LogP contribution in [0.3, 0.4) is 0 Å². The third kappa shape index (κ3) is 4.54. The van der Waals surface area contributed by atoms with Crippen molar-refractivity contribution >= 4 is 22.6 Å². The van der Waals surface area contributed by atoms with Crippen LogP contribution in [0.25, 0.3) is 4.91 Å². The lowest BCUT2D eigenvalue weighted by Gasteiger charge is -2.27. The second-order valence-corrected chi connectivity index (χ2v) is 7.88. The summed E-state index contributed by atoms with van der Waals surface area (Å²) >= 11 is 1.65. The first kappa shape index (κ1) is 20.2. The summed E-state index contributed by atoms with van der Waals surface area (Å²) in [6.07, 6.45) is 1.61. The number of hydrogen-bond acceptors (Lipinski definition) is 5. The Morgan fingerprint density at radius 3 is 2.60 bits per heavy atom. The number of thioether (sulfide) groups is 1. The SMILES string of the molecule is COc1ccccc1CN(Cc1ccco1)C(=O)C1=C(c2ccccc2)SCCO1. The molecular formula is C24H23NO4S. The summed E-state index contributed by atoms with van der Waals surface area (Å²) in [5.41, 5.74) is 1.91. The van der Waals surface area contributed by atoms with Crippen molar-refractivity contribution < 1.29 is 18.7 Å². The van der Waals surface area contributed by atoms with Crippen molar-refractivity contribution in [1.29, 1.82) is 0 Å². The summed E-state index contributed by atoms with van der Waals surface area (Å²) < 4.78 is 16.9. The van der Waals surface area contributed by atoms with Gasteiger partial charge in [0, 0.05) is 11.3 Å². The molecule has 3 aromatic rings. The maximum absolute atomic E-state index is 13.7. The minimum Gasteiger partial charge on any atom is -0.496 e. The highest BCUT2D eigenvalue weighted by atomic mass is 32.2. The molecule has 0 saturated carbocycles. The molecule has 0 spiro atoms. The van der Waals surface area contributed by atoms with Crippen LogP contribution in [0.4, 0.5) is 0 Å². The highest BCUT2D eigenvalue weighted by Crippen LogP contribution is 2.36. The summed E-state index contributed by atoms with van der Waals surface area (Å²) in [4.78, 5) is 16.3. The highest BCUT2D eigenvalue weighted by Gasteiger charge is 2.28. The predicted molar refractivity (Wildman–Crippen MR) is 118 cm³/mol. The lowest BCUT2D eigenvalue weighted by Crippen LogP contribution is -2.33. The van der Waals surface area contributed by atoms with E-state index in [4.69, 9.17) is 13.9 Å². The van der Waals surface area contributed by atoms with Crippen molar-refractivity contribution in [2.24, 2.45) is 0 Å². The summed E-state index contributed by atoms with van der Waals surface area (Å²) in [5.74, 6) is 2.49. The van der Waals surface area contributed by atoms with E-state index in [0.29, 0.717) is 31.2 Å². The molecule has 30 heavy (non-hydrogen) atoms. The van der Waals surface area contributed by atoms with Crippen LogP contribution in [-0.2, 0) is 22.6 Å². The smallest absolute Gasteiger partial charge is 0.290 e. The molecule has 0 atom stereocenters. The molecule has 6 heteroatoms. The Kier molecular flexibility index (Phi) is 6.44. The molecule has 0 aliphatic carbocycles. The minimum atomic E-state index is -0.164. The van der Waals surface area contributed by atoms with Gasteiger partial charge in [0.05, 0.1) is 38.0 Å². The molecule has 0 N–H and O–H groups in total. The van der Waals surface area contributed by atoms with Crippen LogP contribution in [0.2, 0.25) is 0 Å². The maximum atomic E-state index is 13.7. The Labute approximate surface area is 180 Å². The predicted octanol–water partition coefficient (Wildman–Crippen LogP) is 4.95. The molecule has 0 unspecified atom stereocenters. The van der Waals surface area contributed by atoms with Gasteiger partial charge in [-0.3, -0.25) is 4.79 Å². The van der Waals surface area contributed by atoms with E-state index in [-0.39, 0.29) is 5.91 Å². The van der Waals surface area contributed by atoms with Crippen molar-refractivity contribution in [1.82, 2.24) is 4.90 Å². The lowest BCUT2D eigenvalue weighted by atomic mass is 10.1. The molecule has 1 amide bonds. The Bertz CT molecular complexity index is 1010. The average molecular weight is 422 g/mol. The Hall–Kier alpha value is -3.12. The van der Waals surface area contributed by atoms with E-state index in [1.165, 1.54) is 0 Å². The molecule has 1 aromatic heterocycles. The van der Waals surface area contributed by atoms with Crippen molar-refractivity contribution in [3.8, 4) is 5.75 Å². The van der Waals surface area contributed by atoms with E-state index in [1.807, 2.05) is 66.7 Å². The molecule has 1 aliphatic heterocycles. The standard InChI is InChI=1S/C24H23NO4S/c1-27-21-12-6-5-10-19(21)16-25(17-20-11-7-13-28-20)24(26)22-23(30-15-14-29-22)18-8-3-2-4-9-18/h2-13H,14-17H2,1H3. The van der Waals surface area contributed by atoms with Gasteiger partial charge in [0.15, 0.2) is 5.76 Å². The number of ether oxygens (including phenoxy) is 2. The number of carbonyl (C=O) groups excluding carboxylic acids is 1. The van der Waals surface area contributed by atoms with Crippen LogP contribution in [0.15, 0.2) is 83.2 Å². The first-order chi connectivity index (χ1) is 14.8. The fraction of sp³-hybridized carbons (Fsp3) is 0.208. The third-order valence-corrected chi connectivity index (χ3v) is 5.86. The van der Waals surface area contributed by atoms with E-state index in [2.05, 4.69) is 0 Å². The zero-order chi connectivity index (χ0) is 20.8. The van der Waals surface area contributed by atoms with Crippen molar-refractivity contribution in [3.05, 3.63) is 95.6 Å². The van der Waals surface area contributed by atoms with Crippen molar-refractivity contribution in [2.45, 2.75) is 13.1 Å². The molecule has 0 bridgehead atoms. The van der Waals surface area contributed by atoms with Crippen LogP contribution < -0.4 is 4.74 Å². The zero-order valence-electron chi connectivity index (χ0n) is 16.7. The number of furan rings is 1. The van der Waals surface area contributed by atoms with E-state index in [9.17, 15) is 4.79 Å². The van der Waals surface area contributed by atoms with Crippen LogP contribution in [0.1, 0.15) is 16.9 Å². The number of carbonyl (C=O) groups is 1. The highest BCUT2D eigenvalue weighted by molar-refractivity contribution is 8.08. The van der Waals surface area contributed by atoms with E-state index in [1.54, 1.807) is 30.0 Å².